The van der Waals surface area contributed by atoms with Crippen molar-refractivity contribution >= 4 is 28.5 Å². The molecule has 104 valence electrons. The minimum atomic E-state index is -0.00872. The lowest BCUT2D eigenvalue weighted by Gasteiger charge is -2.04. The van der Waals surface area contributed by atoms with Crippen LogP contribution in [0.15, 0.2) is 34.8 Å². The van der Waals surface area contributed by atoms with Crippen LogP contribution in [0.4, 0.5) is 0 Å². The first kappa shape index (κ1) is 13.3. The molecule has 0 saturated carbocycles. The molecule has 0 aliphatic heterocycles. The van der Waals surface area contributed by atoms with Crippen LogP contribution in [0.3, 0.4) is 0 Å². The van der Waals surface area contributed by atoms with Gasteiger partial charge in [-0.15, -0.1) is 22.9 Å². The van der Waals surface area contributed by atoms with Crippen LogP contribution in [0.1, 0.15) is 17.1 Å². The van der Waals surface area contributed by atoms with Gasteiger partial charge in [-0.3, -0.25) is 4.79 Å². The van der Waals surface area contributed by atoms with E-state index >= 15 is 0 Å². The van der Waals surface area contributed by atoms with Gasteiger partial charge in [0.2, 0.25) is 0 Å². The number of nitrogens with zero attached hydrogens (tertiary/aromatic N) is 4. The predicted molar refractivity (Wildman–Crippen MR) is 79.4 cm³/mol. The lowest BCUT2D eigenvalue weighted by Crippen LogP contribution is -2.21. The predicted octanol–water partition coefficient (Wildman–Crippen LogP) is 2.32. The van der Waals surface area contributed by atoms with E-state index in [0.29, 0.717) is 17.9 Å². The normalized spacial score (nSPS) is 11.2. The molecular weight excluding hydrogens is 296 g/mol. The van der Waals surface area contributed by atoms with E-state index in [-0.39, 0.29) is 5.56 Å². The number of fused-ring (bicyclic) bond motifs is 1. The first-order valence-corrected chi connectivity index (χ1v) is 7.71. The van der Waals surface area contributed by atoms with Crippen LogP contribution < -0.4 is 5.56 Å². The van der Waals surface area contributed by atoms with Crippen molar-refractivity contribution in [2.45, 2.75) is 25.3 Å². The molecular formula is C13H13ClN4OS. The molecule has 3 rings (SSSR count). The Balaban J connectivity index is 1.67. The summed E-state index contributed by atoms with van der Waals surface area (Å²) in [6.07, 6.45) is 6.93. The van der Waals surface area contributed by atoms with Gasteiger partial charge in [-0.25, -0.2) is 9.50 Å². The Hall–Kier alpha value is -1.66. The Kier molecular flexibility index (Phi) is 3.84. The number of thiazole rings is 1. The van der Waals surface area contributed by atoms with Crippen LogP contribution in [0.5, 0.6) is 0 Å². The van der Waals surface area contributed by atoms with E-state index in [4.69, 9.17) is 11.6 Å². The van der Waals surface area contributed by atoms with Gasteiger partial charge >= 0.3 is 0 Å². The van der Waals surface area contributed by atoms with Gasteiger partial charge in [0.05, 0.1) is 22.8 Å². The van der Waals surface area contributed by atoms with Crippen molar-refractivity contribution in [3.05, 3.63) is 51.1 Å². The number of alkyl halides is 1. The molecule has 3 aromatic rings. The maximum absolute atomic E-state index is 12.2. The fourth-order valence-corrected chi connectivity index (χ4v) is 3.13. The highest BCUT2D eigenvalue weighted by Crippen LogP contribution is 2.13. The molecule has 0 amide bonds. The summed E-state index contributed by atoms with van der Waals surface area (Å²) < 4.78 is 3.31. The molecule has 0 saturated heterocycles. The van der Waals surface area contributed by atoms with Crippen molar-refractivity contribution < 1.29 is 0 Å². The highest BCUT2D eigenvalue weighted by Gasteiger charge is 2.04. The largest absolute Gasteiger partial charge is 0.312 e. The Labute approximate surface area is 124 Å². The quantitative estimate of drug-likeness (QED) is 0.680. The van der Waals surface area contributed by atoms with E-state index in [9.17, 15) is 4.79 Å². The molecule has 0 radical (unpaired) electrons. The fraction of sp³-hybridized carbons (Fsp3) is 0.308. The molecule has 7 heteroatoms. The summed E-state index contributed by atoms with van der Waals surface area (Å²) in [6, 6.07) is 1.73. The van der Waals surface area contributed by atoms with E-state index in [1.54, 1.807) is 45.1 Å². The second-order valence-electron chi connectivity index (χ2n) is 4.43. The molecule has 5 nitrogen and oxygen atoms in total. The van der Waals surface area contributed by atoms with Crippen molar-refractivity contribution in [2.24, 2.45) is 0 Å². The molecule has 0 aliphatic rings. The van der Waals surface area contributed by atoms with Crippen LogP contribution in [0.2, 0.25) is 0 Å². The molecule has 0 aromatic carbocycles. The molecule has 0 unspecified atom stereocenters. The average Bonchev–Trinajstić information content (AvgIpc) is 3.10. The fourth-order valence-electron chi connectivity index (χ4n) is 2.06. The Morgan fingerprint density at radius 1 is 1.35 bits per heavy atom. The van der Waals surface area contributed by atoms with E-state index in [2.05, 4.69) is 10.1 Å². The number of hydrogen-bond acceptors (Lipinski definition) is 4. The Morgan fingerprint density at radius 3 is 3.05 bits per heavy atom. The molecule has 0 fully saturated rings. The van der Waals surface area contributed by atoms with Crippen molar-refractivity contribution in [1.82, 2.24) is 19.2 Å². The van der Waals surface area contributed by atoms with Crippen LogP contribution in [-0.2, 0) is 18.8 Å². The van der Waals surface area contributed by atoms with E-state index in [1.165, 1.54) is 0 Å². The lowest BCUT2D eigenvalue weighted by atomic mass is 10.3. The molecule has 20 heavy (non-hydrogen) atoms. The zero-order chi connectivity index (χ0) is 13.9. The summed E-state index contributed by atoms with van der Waals surface area (Å²) >= 11 is 7.35. The zero-order valence-electron chi connectivity index (χ0n) is 10.7. The van der Waals surface area contributed by atoms with Gasteiger partial charge in [-0.1, -0.05) is 0 Å². The van der Waals surface area contributed by atoms with Gasteiger partial charge in [-0.05, 0) is 12.5 Å². The van der Waals surface area contributed by atoms with Crippen LogP contribution in [0.25, 0.3) is 5.52 Å². The lowest BCUT2D eigenvalue weighted by molar-refractivity contribution is 0.617. The standard InChI is InChI=1S/C13H13ClN4OS/c14-8-10-9-20-12(16-10)2-1-5-17-6-7-18-11(13(17)19)3-4-15-18/h3-4,6-7,9H,1-2,5,8H2. The number of halogens is 1. The van der Waals surface area contributed by atoms with E-state index < -0.39 is 0 Å². The summed E-state index contributed by atoms with van der Waals surface area (Å²) in [5.74, 6) is 0.452. The molecule has 0 N–H and O–H groups in total. The van der Waals surface area contributed by atoms with Gasteiger partial charge in [0, 0.05) is 30.7 Å². The SMILES string of the molecule is O=c1c2ccnn2ccn1CCCc1nc(CCl)cs1. The highest BCUT2D eigenvalue weighted by molar-refractivity contribution is 7.09. The highest BCUT2D eigenvalue weighted by atomic mass is 35.5. The zero-order valence-corrected chi connectivity index (χ0v) is 12.3. The molecule has 3 aromatic heterocycles. The summed E-state index contributed by atoms with van der Waals surface area (Å²) in [7, 11) is 0. The maximum atomic E-state index is 12.2. The minimum Gasteiger partial charge on any atom is -0.312 e. The maximum Gasteiger partial charge on any atom is 0.276 e. The number of aromatic nitrogens is 4. The van der Waals surface area contributed by atoms with Gasteiger partial charge < -0.3 is 4.57 Å². The van der Waals surface area contributed by atoms with E-state index in [0.717, 1.165) is 23.5 Å². The smallest absolute Gasteiger partial charge is 0.276 e. The molecule has 0 atom stereocenters. The summed E-state index contributed by atoms with van der Waals surface area (Å²) in [5, 5.41) is 7.09. The average molecular weight is 309 g/mol. The van der Waals surface area contributed by atoms with Crippen LogP contribution in [0, 0.1) is 0 Å². The monoisotopic (exact) mass is 308 g/mol. The van der Waals surface area contributed by atoms with Gasteiger partial charge in [0.1, 0.15) is 5.52 Å². The van der Waals surface area contributed by atoms with Gasteiger partial charge in [0.15, 0.2) is 0 Å². The minimum absolute atomic E-state index is 0.00872. The number of rotatable bonds is 5. The van der Waals surface area contributed by atoms with Crippen molar-refractivity contribution in [1.29, 1.82) is 0 Å². The molecule has 0 spiro atoms. The van der Waals surface area contributed by atoms with Crippen molar-refractivity contribution in [3.63, 3.8) is 0 Å². The second-order valence-corrected chi connectivity index (χ2v) is 5.64. The van der Waals surface area contributed by atoms with Crippen LogP contribution in [-0.4, -0.2) is 19.2 Å². The summed E-state index contributed by atoms with van der Waals surface area (Å²) in [6.45, 7) is 0.677. The topological polar surface area (TPSA) is 52.2 Å². The third-order valence-corrected chi connectivity index (χ3v) is 4.30. The van der Waals surface area contributed by atoms with Gasteiger partial charge in [-0.2, -0.15) is 5.10 Å². The first-order valence-electron chi connectivity index (χ1n) is 6.30. The number of hydrogen-bond donors (Lipinski definition) is 0. The molecule has 0 bridgehead atoms. The first-order chi connectivity index (χ1) is 9.78. The van der Waals surface area contributed by atoms with Crippen molar-refractivity contribution in [3.8, 4) is 0 Å². The van der Waals surface area contributed by atoms with Crippen LogP contribution >= 0.6 is 22.9 Å². The molecule has 0 aliphatic carbocycles. The molecule has 3 heterocycles. The summed E-state index contributed by atoms with van der Waals surface area (Å²) in [4.78, 5) is 16.6. The Morgan fingerprint density at radius 2 is 2.25 bits per heavy atom. The second kappa shape index (κ2) is 5.76. The Bertz CT molecular complexity index is 776. The van der Waals surface area contributed by atoms with Crippen molar-refractivity contribution in [2.75, 3.05) is 0 Å². The number of aryl methyl sites for hydroxylation is 2. The van der Waals surface area contributed by atoms with Gasteiger partial charge in [0.25, 0.3) is 5.56 Å². The summed E-state index contributed by atoms with van der Waals surface area (Å²) in [5.41, 5.74) is 1.52. The third kappa shape index (κ3) is 2.62. The third-order valence-electron chi connectivity index (χ3n) is 3.06. The van der Waals surface area contributed by atoms with E-state index in [1.807, 2.05) is 5.38 Å².